The summed E-state index contributed by atoms with van der Waals surface area (Å²) in [4.78, 5) is 0.665. The summed E-state index contributed by atoms with van der Waals surface area (Å²) in [6, 6.07) is 7.07. The van der Waals surface area contributed by atoms with Gasteiger partial charge in [-0.1, -0.05) is 6.07 Å². The molecule has 0 saturated carbocycles. The highest BCUT2D eigenvalue weighted by atomic mass is 32.2. The SMILES string of the molecule is Cc1cc(S(=O)(=O)NCC(O)c2cccs2)ccc1F. The Kier molecular flexibility index (Phi) is 4.54. The van der Waals surface area contributed by atoms with Crippen LogP contribution in [-0.2, 0) is 10.0 Å². The third kappa shape index (κ3) is 3.43. The van der Waals surface area contributed by atoms with Crippen molar-refractivity contribution >= 4 is 21.4 Å². The van der Waals surface area contributed by atoms with Crippen LogP contribution in [0.4, 0.5) is 4.39 Å². The second-order valence-electron chi connectivity index (χ2n) is 4.29. The predicted octanol–water partition coefficient (Wildman–Crippen LogP) is 2.21. The quantitative estimate of drug-likeness (QED) is 0.889. The van der Waals surface area contributed by atoms with Crippen LogP contribution >= 0.6 is 11.3 Å². The molecule has 108 valence electrons. The Bertz CT molecular complexity index is 684. The summed E-state index contributed by atoms with van der Waals surface area (Å²) in [5.41, 5.74) is 0.256. The van der Waals surface area contributed by atoms with E-state index in [2.05, 4.69) is 4.72 Å². The van der Waals surface area contributed by atoms with Gasteiger partial charge >= 0.3 is 0 Å². The summed E-state index contributed by atoms with van der Waals surface area (Å²) in [5, 5.41) is 11.6. The van der Waals surface area contributed by atoms with Crippen molar-refractivity contribution in [3.63, 3.8) is 0 Å². The number of aliphatic hydroxyl groups is 1. The van der Waals surface area contributed by atoms with Gasteiger partial charge in [0.15, 0.2) is 0 Å². The van der Waals surface area contributed by atoms with Crippen molar-refractivity contribution in [3.8, 4) is 0 Å². The van der Waals surface area contributed by atoms with Gasteiger partial charge in [0.1, 0.15) is 11.9 Å². The maximum Gasteiger partial charge on any atom is 0.240 e. The largest absolute Gasteiger partial charge is 0.386 e. The third-order valence-corrected chi connectivity index (χ3v) is 5.17. The Morgan fingerprint density at radius 3 is 2.75 bits per heavy atom. The molecular weight excluding hydrogens is 301 g/mol. The smallest absolute Gasteiger partial charge is 0.240 e. The number of hydrogen-bond acceptors (Lipinski definition) is 4. The Balaban J connectivity index is 2.09. The average molecular weight is 315 g/mol. The molecule has 1 heterocycles. The van der Waals surface area contributed by atoms with Gasteiger partial charge in [-0.2, -0.15) is 0 Å². The minimum Gasteiger partial charge on any atom is -0.386 e. The highest BCUT2D eigenvalue weighted by Gasteiger charge is 2.18. The number of rotatable bonds is 5. The fourth-order valence-corrected chi connectivity index (χ4v) is 3.47. The molecule has 0 aliphatic rings. The molecular formula is C13H14FNO3S2. The zero-order valence-corrected chi connectivity index (χ0v) is 12.3. The molecule has 7 heteroatoms. The molecule has 0 saturated heterocycles. The summed E-state index contributed by atoms with van der Waals surface area (Å²) >= 11 is 1.35. The molecule has 4 nitrogen and oxygen atoms in total. The number of nitrogens with one attached hydrogen (secondary N) is 1. The van der Waals surface area contributed by atoms with Crippen molar-refractivity contribution in [3.05, 3.63) is 52.0 Å². The first-order valence-corrected chi connectivity index (χ1v) is 8.24. The maximum atomic E-state index is 13.1. The third-order valence-electron chi connectivity index (χ3n) is 2.78. The lowest BCUT2D eigenvalue weighted by Gasteiger charge is -2.11. The second kappa shape index (κ2) is 6.01. The van der Waals surface area contributed by atoms with Crippen LogP contribution in [0.25, 0.3) is 0 Å². The van der Waals surface area contributed by atoms with E-state index in [1.807, 2.05) is 0 Å². The molecule has 0 aliphatic heterocycles. The van der Waals surface area contributed by atoms with Gasteiger partial charge in [-0.3, -0.25) is 0 Å². The first-order chi connectivity index (χ1) is 9.40. The van der Waals surface area contributed by atoms with Gasteiger partial charge in [0.2, 0.25) is 10.0 Å². The molecule has 0 aliphatic carbocycles. The van der Waals surface area contributed by atoms with E-state index in [1.165, 1.54) is 30.4 Å². The zero-order valence-electron chi connectivity index (χ0n) is 10.7. The molecule has 0 radical (unpaired) electrons. The predicted molar refractivity (Wildman–Crippen MR) is 75.6 cm³/mol. The highest BCUT2D eigenvalue weighted by Crippen LogP contribution is 2.19. The first-order valence-electron chi connectivity index (χ1n) is 5.87. The Hall–Kier alpha value is -1.28. The van der Waals surface area contributed by atoms with E-state index in [9.17, 15) is 17.9 Å². The van der Waals surface area contributed by atoms with E-state index < -0.39 is 21.9 Å². The minimum atomic E-state index is -3.76. The first kappa shape index (κ1) is 15.1. The van der Waals surface area contributed by atoms with Gasteiger partial charge in [0.25, 0.3) is 0 Å². The molecule has 1 aromatic heterocycles. The van der Waals surface area contributed by atoms with Crippen LogP contribution in [0.3, 0.4) is 0 Å². The molecule has 1 unspecified atom stereocenters. The van der Waals surface area contributed by atoms with E-state index >= 15 is 0 Å². The van der Waals surface area contributed by atoms with Crippen molar-refractivity contribution in [2.24, 2.45) is 0 Å². The van der Waals surface area contributed by atoms with Crippen LogP contribution in [0.1, 0.15) is 16.5 Å². The number of hydrogen-bond donors (Lipinski definition) is 2. The molecule has 0 fully saturated rings. The molecule has 0 amide bonds. The Morgan fingerprint density at radius 1 is 1.40 bits per heavy atom. The number of aryl methyl sites for hydroxylation is 1. The lowest BCUT2D eigenvalue weighted by atomic mass is 10.2. The lowest BCUT2D eigenvalue weighted by molar-refractivity contribution is 0.186. The summed E-state index contributed by atoms with van der Waals surface area (Å²) in [7, 11) is -3.76. The number of aliphatic hydroxyl groups excluding tert-OH is 1. The molecule has 2 aromatic rings. The van der Waals surface area contributed by atoms with Gasteiger partial charge in [0.05, 0.1) is 4.90 Å². The van der Waals surface area contributed by atoms with Gasteiger partial charge in [-0.25, -0.2) is 17.5 Å². The van der Waals surface area contributed by atoms with Gasteiger partial charge in [0, 0.05) is 11.4 Å². The Labute approximate surface area is 120 Å². The number of halogens is 1. The van der Waals surface area contributed by atoms with E-state index in [0.29, 0.717) is 4.88 Å². The molecule has 2 N–H and O–H groups in total. The fourth-order valence-electron chi connectivity index (χ4n) is 1.64. The van der Waals surface area contributed by atoms with Crippen molar-refractivity contribution in [1.29, 1.82) is 0 Å². The van der Waals surface area contributed by atoms with Crippen LogP contribution in [0, 0.1) is 12.7 Å². The number of thiophene rings is 1. The van der Waals surface area contributed by atoms with E-state index in [1.54, 1.807) is 17.5 Å². The van der Waals surface area contributed by atoms with Crippen LogP contribution in [-0.4, -0.2) is 20.1 Å². The number of benzene rings is 1. The number of sulfonamides is 1. The molecule has 2 rings (SSSR count). The summed E-state index contributed by atoms with van der Waals surface area (Å²) in [6.45, 7) is 1.37. The standard InChI is InChI=1S/C13H14FNO3S2/c1-9-7-10(4-5-11(9)14)20(17,18)15-8-12(16)13-3-2-6-19-13/h2-7,12,15-16H,8H2,1H3. The van der Waals surface area contributed by atoms with Gasteiger partial charge < -0.3 is 5.11 Å². The lowest BCUT2D eigenvalue weighted by Crippen LogP contribution is -2.28. The highest BCUT2D eigenvalue weighted by molar-refractivity contribution is 7.89. The fraction of sp³-hybridized carbons (Fsp3) is 0.231. The van der Waals surface area contributed by atoms with Crippen LogP contribution < -0.4 is 4.72 Å². The normalized spacial score (nSPS) is 13.3. The summed E-state index contributed by atoms with van der Waals surface area (Å²) in [6.07, 6.45) is -0.897. The van der Waals surface area contributed by atoms with Crippen molar-refractivity contribution in [2.45, 2.75) is 17.9 Å². The van der Waals surface area contributed by atoms with Crippen molar-refractivity contribution in [1.82, 2.24) is 4.72 Å². The van der Waals surface area contributed by atoms with Crippen molar-refractivity contribution in [2.75, 3.05) is 6.54 Å². The maximum absolute atomic E-state index is 13.1. The van der Waals surface area contributed by atoms with Crippen LogP contribution in [0.15, 0.2) is 40.6 Å². The van der Waals surface area contributed by atoms with Gasteiger partial charge in [-0.05, 0) is 42.1 Å². The monoisotopic (exact) mass is 315 g/mol. The average Bonchev–Trinajstić information content (AvgIpc) is 2.93. The zero-order chi connectivity index (χ0) is 14.8. The molecule has 0 spiro atoms. The van der Waals surface area contributed by atoms with Gasteiger partial charge in [-0.15, -0.1) is 11.3 Å². The molecule has 1 atom stereocenters. The van der Waals surface area contributed by atoms with E-state index in [-0.39, 0.29) is 17.0 Å². The molecule has 1 aromatic carbocycles. The van der Waals surface area contributed by atoms with E-state index in [0.717, 1.165) is 6.07 Å². The molecule has 0 bridgehead atoms. The van der Waals surface area contributed by atoms with Crippen LogP contribution in [0.5, 0.6) is 0 Å². The minimum absolute atomic E-state index is 0.0187. The Morgan fingerprint density at radius 2 is 2.15 bits per heavy atom. The molecule has 20 heavy (non-hydrogen) atoms. The summed E-state index contributed by atoms with van der Waals surface area (Å²) in [5.74, 6) is -0.456. The van der Waals surface area contributed by atoms with Crippen LogP contribution in [0.2, 0.25) is 0 Å². The van der Waals surface area contributed by atoms with E-state index in [4.69, 9.17) is 0 Å². The second-order valence-corrected chi connectivity index (χ2v) is 7.04. The van der Waals surface area contributed by atoms with Crippen molar-refractivity contribution < 1.29 is 17.9 Å². The summed E-state index contributed by atoms with van der Waals surface area (Å²) < 4.78 is 39.5. The topological polar surface area (TPSA) is 66.4 Å².